The molecular weight excluding hydrogens is 480 g/mol. The fourth-order valence-corrected chi connectivity index (χ4v) is 6.03. The van der Waals surface area contributed by atoms with Gasteiger partial charge in [0.15, 0.2) is 6.61 Å². The fraction of sp³-hybridized carbons (Fsp3) is 0.368. The van der Waals surface area contributed by atoms with E-state index < -0.39 is 16.0 Å². The Kier molecular flexibility index (Phi) is 6.97. The van der Waals surface area contributed by atoms with Crippen LogP contribution in [0.2, 0.25) is 0 Å². The molecule has 1 aromatic heterocycles. The van der Waals surface area contributed by atoms with E-state index in [1.165, 1.54) is 18.2 Å². The molecule has 1 aliphatic rings. The Morgan fingerprint density at radius 3 is 2.55 bits per heavy atom. The normalized spacial score (nSPS) is 15.2. The number of thiophene rings is 1. The summed E-state index contributed by atoms with van der Waals surface area (Å²) in [4.78, 5) is 26.5. The van der Waals surface area contributed by atoms with Crippen LogP contribution in [0.1, 0.15) is 30.1 Å². The van der Waals surface area contributed by atoms with Gasteiger partial charge in [-0.2, -0.15) is 0 Å². The molecule has 2 aromatic rings. The molecule has 0 radical (unpaired) electrons. The van der Waals surface area contributed by atoms with Gasteiger partial charge in [0.1, 0.15) is 4.21 Å². The lowest BCUT2D eigenvalue weighted by Crippen LogP contribution is -2.40. The van der Waals surface area contributed by atoms with Gasteiger partial charge in [-0.05, 0) is 59.0 Å². The van der Waals surface area contributed by atoms with Crippen LogP contribution in [0.15, 0.2) is 44.4 Å². The number of nitrogens with one attached hydrogen (secondary N) is 1. The van der Waals surface area contributed by atoms with Crippen LogP contribution in [0.25, 0.3) is 0 Å². The van der Waals surface area contributed by atoms with Gasteiger partial charge in [0.05, 0.1) is 15.0 Å². The molecule has 10 heteroatoms. The minimum atomic E-state index is -3.85. The topological polar surface area (TPSA) is 92.8 Å². The number of piperidine rings is 1. The molecule has 29 heavy (non-hydrogen) atoms. The fourth-order valence-electron chi connectivity index (χ4n) is 2.94. The molecule has 0 saturated carbocycles. The van der Waals surface area contributed by atoms with Gasteiger partial charge in [0.25, 0.3) is 15.9 Å². The first kappa shape index (κ1) is 21.8. The van der Waals surface area contributed by atoms with Crippen LogP contribution in [-0.4, -0.2) is 44.9 Å². The first-order chi connectivity index (χ1) is 13.8. The molecule has 1 saturated heterocycles. The van der Waals surface area contributed by atoms with E-state index in [4.69, 9.17) is 4.74 Å². The van der Waals surface area contributed by atoms with E-state index >= 15 is 0 Å². The highest BCUT2D eigenvalue weighted by Crippen LogP contribution is 2.28. The van der Waals surface area contributed by atoms with Crippen LogP contribution in [0.3, 0.4) is 0 Å². The molecule has 1 aromatic carbocycles. The summed E-state index contributed by atoms with van der Waals surface area (Å²) in [6.07, 6.45) is 1.87. The summed E-state index contributed by atoms with van der Waals surface area (Å²) in [5, 5.41) is 0. The van der Waals surface area contributed by atoms with Gasteiger partial charge in [-0.15, -0.1) is 11.3 Å². The second-order valence-electron chi connectivity index (χ2n) is 6.85. The van der Waals surface area contributed by atoms with Crippen molar-refractivity contribution in [2.24, 2.45) is 5.92 Å². The van der Waals surface area contributed by atoms with E-state index in [9.17, 15) is 18.0 Å². The van der Waals surface area contributed by atoms with Crippen molar-refractivity contribution in [3.8, 4) is 0 Å². The Hall–Kier alpha value is -1.91. The molecule has 0 atom stereocenters. The lowest BCUT2D eigenvalue weighted by Gasteiger charge is -2.30. The summed E-state index contributed by atoms with van der Waals surface area (Å²) in [6.45, 7) is 3.09. The summed E-state index contributed by atoms with van der Waals surface area (Å²) >= 11 is 4.29. The van der Waals surface area contributed by atoms with E-state index in [0.717, 1.165) is 24.2 Å². The van der Waals surface area contributed by atoms with E-state index in [1.807, 2.05) is 0 Å². The van der Waals surface area contributed by atoms with Crippen LogP contribution in [0, 0.1) is 5.92 Å². The molecule has 1 aliphatic heterocycles. The maximum absolute atomic E-state index is 12.6. The number of halogens is 1. The maximum Gasteiger partial charge on any atom is 0.340 e. The van der Waals surface area contributed by atoms with E-state index in [1.54, 1.807) is 23.1 Å². The highest BCUT2D eigenvalue weighted by Gasteiger charge is 2.24. The zero-order valence-electron chi connectivity index (χ0n) is 15.8. The molecule has 0 bridgehead atoms. The average molecular weight is 501 g/mol. The lowest BCUT2D eigenvalue weighted by atomic mass is 9.99. The monoisotopic (exact) mass is 500 g/mol. The Balaban J connectivity index is 1.66. The van der Waals surface area contributed by atoms with Crippen LogP contribution >= 0.6 is 27.3 Å². The number of sulfonamides is 1. The van der Waals surface area contributed by atoms with Crippen molar-refractivity contribution < 1.29 is 22.7 Å². The van der Waals surface area contributed by atoms with Crippen LogP contribution in [0.5, 0.6) is 0 Å². The van der Waals surface area contributed by atoms with Gasteiger partial charge < -0.3 is 9.64 Å². The van der Waals surface area contributed by atoms with Gasteiger partial charge >= 0.3 is 5.97 Å². The number of para-hydroxylation sites is 1. The second kappa shape index (κ2) is 9.27. The smallest absolute Gasteiger partial charge is 0.340 e. The van der Waals surface area contributed by atoms with Crippen molar-refractivity contribution in [2.45, 2.75) is 24.0 Å². The van der Waals surface area contributed by atoms with Gasteiger partial charge in [-0.25, -0.2) is 13.2 Å². The van der Waals surface area contributed by atoms with Crippen LogP contribution < -0.4 is 4.72 Å². The lowest BCUT2D eigenvalue weighted by molar-refractivity contribution is -0.135. The molecule has 156 valence electrons. The molecular formula is C19H21BrN2O5S2. The number of ether oxygens (including phenoxy) is 1. The Morgan fingerprint density at radius 2 is 1.90 bits per heavy atom. The Morgan fingerprint density at radius 1 is 1.21 bits per heavy atom. The van der Waals surface area contributed by atoms with Crippen molar-refractivity contribution in [2.75, 3.05) is 24.4 Å². The molecule has 1 fully saturated rings. The second-order valence-corrected chi connectivity index (χ2v) is 11.2. The molecule has 1 N–H and O–H groups in total. The number of amides is 1. The molecule has 7 nitrogen and oxygen atoms in total. The molecule has 2 heterocycles. The molecule has 1 amide bonds. The first-order valence-corrected chi connectivity index (χ1v) is 12.2. The minimum Gasteiger partial charge on any atom is -0.452 e. The SMILES string of the molecule is CC1CCN(C(=O)COC(=O)c2ccccc2NS(=O)(=O)c2ccc(Br)s2)CC1. The van der Waals surface area contributed by atoms with E-state index in [-0.39, 0.29) is 28.0 Å². The maximum atomic E-state index is 12.6. The zero-order valence-corrected chi connectivity index (χ0v) is 19.0. The predicted octanol–water partition coefficient (Wildman–Crippen LogP) is 3.73. The number of hydrogen-bond donors (Lipinski definition) is 1. The van der Waals surface area contributed by atoms with Gasteiger partial charge in [-0.3, -0.25) is 9.52 Å². The quantitative estimate of drug-likeness (QED) is 0.609. The summed E-state index contributed by atoms with van der Waals surface area (Å²) in [5.74, 6) is -0.411. The minimum absolute atomic E-state index is 0.0479. The highest BCUT2D eigenvalue weighted by atomic mass is 79.9. The number of benzene rings is 1. The number of likely N-dealkylation sites (tertiary alicyclic amines) is 1. The largest absolute Gasteiger partial charge is 0.452 e. The van der Waals surface area contributed by atoms with Gasteiger partial charge in [-0.1, -0.05) is 19.1 Å². The Labute approximate surface area is 182 Å². The number of rotatable bonds is 6. The van der Waals surface area contributed by atoms with Crippen molar-refractivity contribution in [1.82, 2.24) is 4.90 Å². The van der Waals surface area contributed by atoms with Crippen molar-refractivity contribution >= 4 is 54.9 Å². The third kappa shape index (κ3) is 5.58. The number of carbonyl (C=O) groups is 2. The molecule has 0 aliphatic carbocycles. The first-order valence-electron chi connectivity index (χ1n) is 9.08. The number of hydrogen-bond acceptors (Lipinski definition) is 6. The predicted molar refractivity (Wildman–Crippen MR) is 115 cm³/mol. The summed E-state index contributed by atoms with van der Waals surface area (Å²) < 4.78 is 33.5. The average Bonchev–Trinajstić information content (AvgIpc) is 3.14. The van der Waals surface area contributed by atoms with Gasteiger partial charge in [0.2, 0.25) is 0 Å². The van der Waals surface area contributed by atoms with Crippen LogP contribution in [0.4, 0.5) is 5.69 Å². The van der Waals surface area contributed by atoms with Crippen LogP contribution in [-0.2, 0) is 19.6 Å². The number of nitrogens with zero attached hydrogens (tertiary/aromatic N) is 1. The standard InChI is InChI=1S/C19H21BrN2O5S2/c1-13-8-10-22(11-9-13)17(23)12-27-19(24)14-4-2-3-5-15(14)21-29(25,26)18-7-6-16(20)28-18/h2-7,13,21H,8-12H2,1H3. The summed E-state index contributed by atoms with van der Waals surface area (Å²) in [6, 6.07) is 9.24. The Bertz CT molecular complexity index is 998. The summed E-state index contributed by atoms with van der Waals surface area (Å²) in [5.41, 5.74) is 0.146. The highest BCUT2D eigenvalue weighted by molar-refractivity contribution is 9.11. The van der Waals surface area contributed by atoms with Crippen molar-refractivity contribution in [3.63, 3.8) is 0 Å². The van der Waals surface area contributed by atoms with E-state index in [0.29, 0.717) is 22.8 Å². The van der Waals surface area contributed by atoms with E-state index in [2.05, 4.69) is 27.6 Å². The van der Waals surface area contributed by atoms with Crippen molar-refractivity contribution in [3.05, 3.63) is 45.7 Å². The number of esters is 1. The third-order valence-electron chi connectivity index (χ3n) is 4.67. The third-order valence-corrected chi connectivity index (χ3v) is 8.15. The molecule has 3 rings (SSSR count). The molecule has 0 unspecified atom stereocenters. The number of carbonyl (C=O) groups excluding carboxylic acids is 2. The molecule has 0 spiro atoms. The van der Waals surface area contributed by atoms with Crippen molar-refractivity contribution in [1.29, 1.82) is 0 Å². The van der Waals surface area contributed by atoms with Gasteiger partial charge in [0, 0.05) is 13.1 Å². The summed E-state index contributed by atoms with van der Waals surface area (Å²) in [7, 11) is -3.85. The number of anilines is 1. The zero-order chi connectivity index (χ0) is 21.0.